The highest BCUT2D eigenvalue weighted by Crippen LogP contribution is 2.14. The molecule has 1 heterocycles. The highest BCUT2D eigenvalue weighted by molar-refractivity contribution is 7.07. The van der Waals surface area contributed by atoms with E-state index in [1.165, 1.54) is 4.57 Å². The number of aromatic nitrogens is 1. The summed E-state index contributed by atoms with van der Waals surface area (Å²) in [6, 6.07) is 9.06. The Hall–Kier alpha value is -3.05. The summed E-state index contributed by atoms with van der Waals surface area (Å²) in [5.41, 5.74) is 0.337. The van der Waals surface area contributed by atoms with Crippen LogP contribution in [0.25, 0.3) is 11.8 Å². The minimum Gasteiger partial charge on any atom is -0.497 e. The number of methoxy groups -OCH3 is 1. The van der Waals surface area contributed by atoms with Crippen LogP contribution in [0, 0.1) is 11.3 Å². The van der Waals surface area contributed by atoms with Gasteiger partial charge in [-0.25, -0.2) is 4.79 Å². The van der Waals surface area contributed by atoms with Crippen LogP contribution < -0.4 is 24.8 Å². The average Bonchev–Trinajstić information content (AvgIpc) is 2.96. The number of nitrogens with one attached hydrogen (secondary N) is 1. The van der Waals surface area contributed by atoms with Crippen molar-refractivity contribution in [1.29, 1.82) is 5.26 Å². The molecule has 1 aromatic carbocycles. The Kier molecular flexibility index (Phi) is 6.58. The van der Waals surface area contributed by atoms with Crippen molar-refractivity contribution in [3.8, 4) is 11.8 Å². The predicted octanol–water partition coefficient (Wildman–Crippen LogP) is 1.03. The van der Waals surface area contributed by atoms with Gasteiger partial charge in [-0.15, -0.1) is 11.3 Å². The van der Waals surface area contributed by atoms with Crippen molar-refractivity contribution >= 4 is 34.8 Å². The zero-order valence-electron chi connectivity index (χ0n) is 14.7. The first-order valence-electron chi connectivity index (χ1n) is 7.97. The fourth-order valence-electron chi connectivity index (χ4n) is 2.21. The molecular weight excluding hydrogens is 354 g/mol. The van der Waals surface area contributed by atoms with Crippen LogP contribution in [0.4, 0.5) is 5.69 Å². The number of esters is 1. The van der Waals surface area contributed by atoms with E-state index in [1.54, 1.807) is 39.3 Å². The summed E-state index contributed by atoms with van der Waals surface area (Å²) < 4.78 is 12.1. The van der Waals surface area contributed by atoms with E-state index >= 15 is 0 Å². The van der Waals surface area contributed by atoms with E-state index in [-0.39, 0.29) is 17.7 Å². The highest BCUT2D eigenvalue weighted by atomic mass is 32.1. The van der Waals surface area contributed by atoms with Gasteiger partial charge in [-0.2, -0.15) is 5.26 Å². The Bertz CT molecular complexity index is 997. The van der Waals surface area contributed by atoms with E-state index in [0.717, 1.165) is 22.8 Å². The summed E-state index contributed by atoms with van der Waals surface area (Å²) >= 11 is 1.07. The topological polar surface area (TPSA) is 93.4 Å². The molecule has 0 atom stereocenters. The van der Waals surface area contributed by atoms with Gasteiger partial charge in [0.25, 0.3) is 5.56 Å². The van der Waals surface area contributed by atoms with Crippen LogP contribution in [0.5, 0.6) is 5.75 Å². The minimum absolute atomic E-state index is 0.157. The van der Waals surface area contributed by atoms with Crippen LogP contribution >= 0.6 is 11.3 Å². The van der Waals surface area contributed by atoms with Crippen molar-refractivity contribution in [3.63, 3.8) is 0 Å². The number of nitriles is 1. The zero-order chi connectivity index (χ0) is 19.1. The molecule has 1 N–H and O–H groups in total. The summed E-state index contributed by atoms with van der Waals surface area (Å²) in [6.45, 7) is 3.93. The number of ether oxygens (including phenoxy) is 2. The number of hydrogen-bond acceptors (Lipinski definition) is 7. The van der Waals surface area contributed by atoms with Crippen LogP contribution in [-0.4, -0.2) is 24.3 Å². The van der Waals surface area contributed by atoms with Crippen LogP contribution in [-0.2, 0) is 16.1 Å². The van der Waals surface area contributed by atoms with Gasteiger partial charge in [0.1, 0.15) is 21.0 Å². The fourth-order valence-corrected chi connectivity index (χ4v) is 3.29. The average molecular weight is 373 g/mol. The van der Waals surface area contributed by atoms with Crippen LogP contribution in [0.15, 0.2) is 29.1 Å². The third-order valence-corrected chi connectivity index (χ3v) is 4.62. The molecule has 0 bridgehead atoms. The summed E-state index contributed by atoms with van der Waals surface area (Å²) in [5, 5.41) is 12.4. The van der Waals surface area contributed by atoms with E-state index in [2.05, 4.69) is 5.32 Å². The molecule has 0 radical (unpaired) electrons. The standard InChI is InChI=1S/C18H19N3O4S/c1-4-21-16(22)15(11-20-12-6-8-13(24-3)9-7-12)26-17(21)14(10-19)18(23)25-5-2/h6-9,11,20H,4-5H2,1-3H3/b15-11-,17-14-. The number of rotatable bonds is 6. The highest BCUT2D eigenvalue weighted by Gasteiger charge is 2.16. The summed E-state index contributed by atoms with van der Waals surface area (Å²) in [4.78, 5) is 24.5. The molecule has 0 aliphatic heterocycles. The van der Waals surface area contributed by atoms with Crippen LogP contribution in [0.3, 0.4) is 0 Å². The molecule has 0 unspecified atom stereocenters. The van der Waals surface area contributed by atoms with Crippen molar-refractivity contribution in [3.05, 3.63) is 43.8 Å². The van der Waals surface area contributed by atoms with Gasteiger partial charge < -0.3 is 14.8 Å². The van der Waals surface area contributed by atoms with E-state index in [0.29, 0.717) is 15.7 Å². The lowest BCUT2D eigenvalue weighted by atomic mass is 10.3. The number of hydrogen-bond donors (Lipinski definition) is 1. The first-order chi connectivity index (χ1) is 12.5. The largest absolute Gasteiger partial charge is 0.497 e. The Morgan fingerprint density at radius 1 is 1.35 bits per heavy atom. The third-order valence-electron chi connectivity index (χ3n) is 3.49. The molecular formula is C18H19N3O4S. The Labute approximate surface area is 154 Å². The predicted molar refractivity (Wildman–Crippen MR) is 100 cm³/mol. The van der Waals surface area contributed by atoms with Crippen LogP contribution in [0.1, 0.15) is 13.8 Å². The van der Waals surface area contributed by atoms with E-state index in [9.17, 15) is 14.9 Å². The number of nitrogens with zero attached hydrogens (tertiary/aromatic N) is 2. The van der Waals surface area contributed by atoms with Crippen molar-refractivity contribution in [2.75, 3.05) is 19.0 Å². The van der Waals surface area contributed by atoms with Gasteiger partial charge in [0.2, 0.25) is 0 Å². The molecule has 0 saturated heterocycles. The van der Waals surface area contributed by atoms with Gasteiger partial charge >= 0.3 is 5.97 Å². The summed E-state index contributed by atoms with van der Waals surface area (Å²) in [7, 11) is 1.59. The molecule has 0 aliphatic carbocycles. The summed E-state index contributed by atoms with van der Waals surface area (Å²) in [6.07, 6.45) is 1.56. The molecule has 0 fully saturated rings. The maximum absolute atomic E-state index is 12.6. The molecule has 2 aromatic rings. The normalized spacial score (nSPS) is 12.3. The van der Waals surface area contributed by atoms with Gasteiger partial charge in [-0.05, 0) is 38.1 Å². The number of thiazole rings is 1. The zero-order valence-corrected chi connectivity index (χ0v) is 15.6. The molecule has 8 heteroatoms. The molecule has 26 heavy (non-hydrogen) atoms. The van der Waals surface area contributed by atoms with Crippen molar-refractivity contribution in [2.24, 2.45) is 0 Å². The maximum atomic E-state index is 12.6. The third kappa shape index (κ3) is 4.13. The van der Waals surface area contributed by atoms with Gasteiger partial charge in [0, 0.05) is 18.4 Å². The molecule has 2 rings (SSSR count). The molecule has 0 aliphatic rings. The monoisotopic (exact) mass is 373 g/mol. The fraction of sp³-hybridized carbons (Fsp3) is 0.278. The number of carbonyl (C=O) groups is 1. The maximum Gasteiger partial charge on any atom is 0.351 e. The molecule has 1 aromatic heterocycles. The van der Waals surface area contributed by atoms with E-state index in [1.807, 2.05) is 18.2 Å². The number of benzene rings is 1. The van der Waals surface area contributed by atoms with E-state index in [4.69, 9.17) is 9.47 Å². The second-order valence-corrected chi connectivity index (χ2v) is 6.08. The van der Waals surface area contributed by atoms with E-state index < -0.39 is 5.97 Å². The summed E-state index contributed by atoms with van der Waals surface area (Å²) in [5.74, 6) is -0.00175. The van der Waals surface area contributed by atoms with Gasteiger partial charge in [0.15, 0.2) is 5.57 Å². The van der Waals surface area contributed by atoms with Crippen LogP contribution in [0.2, 0.25) is 0 Å². The second kappa shape index (κ2) is 8.87. The first kappa shape index (κ1) is 19.3. The Morgan fingerprint density at radius 2 is 2.04 bits per heavy atom. The smallest absolute Gasteiger partial charge is 0.351 e. The lowest BCUT2D eigenvalue weighted by molar-refractivity contribution is -0.136. The Balaban J connectivity index is 2.51. The lowest BCUT2D eigenvalue weighted by Crippen LogP contribution is -2.32. The Morgan fingerprint density at radius 3 is 2.58 bits per heavy atom. The number of anilines is 1. The van der Waals surface area contributed by atoms with Crippen molar-refractivity contribution in [1.82, 2.24) is 4.57 Å². The van der Waals surface area contributed by atoms with Crippen molar-refractivity contribution in [2.45, 2.75) is 20.4 Å². The van der Waals surface area contributed by atoms with Gasteiger partial charge in [-0.1, -0.05) is 0 Å². The number of carbonyl (C=O) groups excluding carboxylic acids is 1. The first-order valence-corrected chi connectivity index (χ1v) is 8.79. The molecule has 0 saturated carbocycles. The molecule has 0 spiro atoms. The second-order valence-electron chi connectivity index (χ2n) is 5.05. The molecule has 7 nitrogen and oxygen atoms in total. The molecule has 0 amide bonds. The molecule has 136 valence electrons. The van der Waals surface area contributed by atoms with Gasteiger partial charge in [-0.3, -0.25) is 9.36 Å². The minimum atomic E-state index is -0.729. The SMILES string of the molecule is CCOC(=O)/C(C#N)=c1\s/c(=C\Nc2ccc(OC)cc2)c(=O)n1CC. The van der Waals surface area contributed by atoms with Crippen molar-refractivity contribution < 1.29 is 14.3 Å². The van der Waals surface area contributed by atoms with Gasteiger partial charge in [0.05, 0.1) is 13.7 Å². The lowest BCUT2D eigenvalue weighted by Gasteiger charge is -2.02. The quantitative estimate of drug-likeness (QED) is 0.760.